The number of rotatable bonds is 6. The van der Waals surface area contributed by atoms with E-state index in [1.165, 1.54) is 10.8 Å². The molecule has 0 saturated heterocycles. The Morgan fingerprint density at radius 1 is 0.304 bits per heavy atom. The summed E-state index contributed by atoms with van der Waals surface area (Å²) in [4.78, 5) is 19.0. The number of fused-ring (bicyclic) bond motifs is 1. The maximum Gasteiger partial charge on any atom is 0.164 e. The number of hydrogen-bond donors (Lipinski definition) is 0. The fourth-order valence-corrected chi connectivity index (χ4v) is 5.90. The van der Waals surface area contributed by atoms with Crippen LogP contribution in [0, 0.1) is 0 Å². The molecule has 8 aromatic rings. The molecule has 0 spiro atoms. The van der Waals surface area contributed by atoms with Crippen LogP contribution in [0.25, 0.3) is 78.3 Å². The average molecular weight is 589 g/mol. The Labute approximate surface area is 267 Å². The second-order valence-electron chi connectivity index (χ2n) is 11.2. The number of hydrogen-bond acceptors (Lipinski definition) is 4. The van der Waals surface area contributed by atoms with E-state index in [0.29, 0.717) is 17.5 Å². The Balaban J connectivity index is 1.27. The standard InChI is InChI=1S/C42H28N4/c1-3-11-30(12-4-1)40-44-41(31-13-5-2-6-14-31)46-42(45-40)36-19-10-18-35(26-36)39-28-37(27-34-15-7-8-20-38(34)39)33-17-9-16-32(25-33)29-21-23-43-24-22-29/h1-28H. The van der Waals surface area contributed by atoms with Crippen molar-refractivity contribution in [1.82, 2.24) is 19.9 Å². The molecule has 0 saturated carbocycles. The predicted octanol–water partition coefficient (Wildman–Crippen LogP) is 10.4. The first-order valence-electron chi connectivity index (χ1n) is 15.3. The summed E-state index contributed by atoms with van der Waals surface area (Å²) >= 11 is 0. The molecule has 8 rings (SSSR count). The summed E-state index contributed by atoms with van der Waals surface area (Å²) in [5.74, 6) is 1.94. The van der Waals surface area contributed by atoms with E-state index in [4.69, 9.17) is 15.0 Å². The van der Waals surface area contributed by atoms with Gasteiger partial charge in [0.05, 0.1) is 0 Å². The maximum atomic E-state index is 4.97. The Kier molecular flexibility index (Phi) is 7.14. The van der Waals surface area contributed by atoms with Crippen molar-refractivity contribution in [3.8, 4) is 67.5 Å². The van der Waals surface area contributed by atoms with Crippen LogP contribution in [0.15, 0.2) is 170 Å². The number of aromatic nitrogens is 4. The lowest BCUT2D eigenvalue weighted by Gasteiger charge is -2.13. The SMILES string of the molecule is c1ccc(-c2nc(-c3ccccc3)nc(-c3cccc(-c4cc(-c5cccc(-c6ccncc6)c5)cc5ccccc45)c3)n2)cc1. The first-order chi connectivity index (χ1) is 22.8. The molecule has 0 bridgehead atoms. The maximum absolute atomic E-state index is 4.97. The minimum absolute atomic E-state index is 0.639. The van der Waals surface area contributed by atoms with Crippen molar-refractivity contribution >= 4 is 10.8 Å². The van der Waals surface area contributed by atoms with Crippen molar-refractivity contribution in [1.29, 1.82) is 0 Å². The fraction of sp³-hybridized carbons (Fsp3) is 0. The van der Waals surface area contributed by atoms with Gasteiger partial charge in [-0.15, -0.1) is 0 Å². The number of pyridine rings is 1. The van der Waals surface area contributed by atoms with E-state index in [9.17, 15) is 0 Å². The summed E-state index contributed by atoms with van der Waals surface area (Å²) in [6.45, 7) is 0. The number of nitrogens with zero attached hydrogens (tertiary/aromatic N) is 4. The molecule has 46 heavy (non-hydrogen) atoms. The van der Waals surface area contributed by atoms with Crippen LogP contribution < -0.4 is 0 Å². The van der Waals surface area contributed by atoms with E-state index in [1.807, 2.05) is 85.2 Å². The molecule has 0 unspecified atom stereocenters. The summed E-state index contributed by atoms with van der Waals surface area (Å²) in [7, 11) is 0. The van der Waals surface area contributed by atoms with Crippen LogP contribution in [0.1, 0.15) is 0 Å². The zero-order valence-corrected chi connectivity index (χ0v) is 25.0. The average Bonchev–Trinajstić information content (AvgIpc) is 3.15. The van der Waals surface area contributed by atoms with E-state index in [2.05, 4.69) is 89.9 Å². The molecule has 216 valence electrons. The normalized spacial score (nSPS) is 11.0. The van der Waals surface area contributed by atoms with Gasteiger partial charge in [-0.05, 0) is 80.6 Å². The molecule has 0 aliphatic heterocycles. The zero-order chi connectivity index (χ0) is 30.7. The summed E-state index contributed by atoms with van der Waals surface area (Å²) in [6.07, 6.45) is 3.67. The highest BCUT2D eigenvalue weighted by Crippen LogP contribution is 2.37. The van der Waals surface area contributed by atoms with E-state index >= 15 is 0 Å². The Hall–Kier alpha value is -6.26. The van der Waals surface area contributed by atoms with Gasteiger partial charge in [-0.1, -0.05) is 121 Å². The van der Waals surface area contributed by atoms with Crippen LogP contribution >= 0.6 is 0 Å². The molecule has 0 N–H and O–H groups in total. The molecule has 6 aromatic carbocycles. The van der Waals surface area contributed by atoms with Crippen molar-refractivity contribution in [2.75, 3.05) is 0 Å². The zero-order valence-electron chi connectivity index (χ0n) is 25.0. The van der Waals surface area contributed by atoms with Crippen molar-refractivity contribution < 1.29 is 0 Å². The van der Waals surface area contributed by atoms with Gasteiger partial charge in [-0.3, -0.25) is 4.98 Å². The minimum atomic E-state index is 0.639. The minimum Gasteiger partial charge on any atom is -0.265 e. The van der Waals surface area contributed by atoms with E-state index in [0.717, 1.165) is 50.1 Å². The number of benzene rings is 6. The molecule has 4 nitrogen and oxygen atoms in total. The topological polar surface area (TPSA) is 51.6 Å². The molecule has 0 atom stereocenters. The van der Waals surface area contributed by atoms with Gasteiger partial charge in [0.2, 0.25) is 0 Å². The molecule has 4 heteroatoms. The highest BCUT2D eigenvalue weighted by Gasteiger charge is 2.14. The van der Waals surface area contributed by atoms with Crippen LogP contribution in [-0.2, 0) is 0 Å². The van der Waals surface area contributed by atoms with Gasteiger partial charge in [0, 0.05) is 29.1 Å². The summed E-state index contributed by atoms with van der Waals surface area (Å²) in [5.41, 5.74) is 9.72. The fourth-order valence-electron chi connectivity index (χ4n) is 5.90. The third kappa shape index (κ3) is 5.44. The molecule has 0 fully saturated rings. The third-order valence-corrected chi connectivity index (χ3v) is 8.20. The quantitative estimate of drug-likeness (QED) is 0.194. The van der Waals surface area contributed by atoms with Crippen molar-refractivity contribution in [2.45, 2.75) is 0 Å². The first-order valence-corrected chi connectivity index (χ1v) is 15.3. The van der Waals surface area contributed by atoms with Crippen molar-refractivity contribution in [3.63, 3.8) is 0 Å². The molecule has 0 aliphatic carbocycles. The van der Waals surface area contributed by atoms with Crippen LogP contribution in [0.2, 0.25) is 0 Å². The highest BCUT2D eigenvalue weighted by molar-refractivity contribution is 6.00. The van der Waals surface area contributed by atoms with Gasteiger partial charge in [-0.2, -0.15) is 0 Å². The van der Waals surface area contributed by atoms with Crippen molar-refractivity contribution in [3.05, 3.63) is 170 Å². The van der Waals surface area contributed by atoms with Gasteiger partial charge < -0.3 is 0 Å². The van der Waals surface area contributed by atoms with E-state index in [1.54, 1.807) is 0 Å². The Morgan fingerprint density at radius 2 is 0.804 bits per heavy atom. The van der Waals surface area contributed by atoms with Crippen molar-refractivity contribution in [2.24, 2.45) is 0 Å². The summed E-state index contributed by atoms with van der Waals surface area (Å²) < 4.78 is 0. The van der Waals surface area contributed by atoms with Gasteiger partial charge >= 0.3 is 0 Å². The van der Waals surface area contributed by atoms with Crippen LogP contribution in [0.4, 0.5) is 0 Å². The van der Waals surface area contributed by atoms with Crippen LogP contribution in [-0.4, -0.2) is 19.9 Å². The van der Waals surface area contributed by atoms with Gasteiger partial charge in [0.1, 0.15) is 0 Å². The summed E-state index contributed by atoms with van der Waals surface area (Å²) in [6, 6.07) is 54.6. The predicted molar refractivity (Wildman–Crippen MR) is 188 cm³/mol. The lowest BCUT2D eigenvalue weighted by molar-refractivity contribution is 1.07. The Morgan fingerprint density at radius 3 is 1.48 bits per heavy atom. The van der Waals surface area contributed by atoms with Gasteiger partial charge in [0.15, 0.2) is 17.5 Å². The monoisotopic (exact) mass is 588 g/mol. The molecule has 2 heterocycles. The van der Waals surface area contributed by atoms with Crippen LogP contribution in [0.5, 0.6) is 0 Å². The van der Waals surface area contributed by atoms with Gasteiger partial charge in [0.25, 0.3) is 0 Å². The second-order valence-corrected chi connectivity index (χ2v) is 11.2. The lowest BCUT2D eigenvalue weighted by atomic mass is 9.91. The molecular weight excluding hydrogens is 560 g/mol. The third-order valence-electron chi connectivity index (χ3n) is 8.20. The largest absolute Gasteiger partial charge is 0.265 e. The molecule has 0 radical (unpaired) electrons. The second kappa shape index (κ2) is 12.0. The molecular formula is C42H28N4. The Bertz CT molecular complexity index is 2240. The van der Waals surface area contributed by atoms with E-state index < -0.39 is 0 Å². The molecule has 0 aliphatic rings. The van der Waals surface area contributed by atoms with E-state index in [-0.39, 0.29) is 0 Å². The van der Waals surface area contributed by atoms with Gasteiger partial charge in [-0.25, -0.2) is 15.0 Å². The smallest absolute Gasteiger partial charge is 0.164 e. The highest BCUT2D eigenvalue weighted by atomic mass is 15.0. The molecule has 2 aromatic heterocycles. The molecule has 0 amide bonds. The van der Waals surface area contributed by atoms with Crippen LogP contribution in [0.3, 0.4) is 0 Å². The lowest BCUT2D eigenvalue weighted by Crippen LogP contribution is -2.00. The first kappa shape index (κ1) is 27.3. The summed E-state index contributed by atoms with van der Waals surface area (Å²) in [5, 5.41) is 2.38.